The van der Waals surface area contributed by atoms with Crippen molar-refractivity contribution in [2.45, 2.75) is 58.3 Å². The van der Waals surface area contributed by atoms with Gasteiger partial charge in [0.1, 0.15) is 11.5 Å². The molecule has 4 amide bonds. The van der Waals surface area contributed by atoms with Crippen LogP contribution in [-0.4, -0.2) is 96.4 Å². The van der Waals surface area contributed by atoms with Crippen LogP contribution in [0.1, 0.15) is 60.7 Å². The summed E-state index contributed by atoms with van der Waals surface area (Å²) in [6.45, 7) is 6.43. The molecule has 48 heavy (non-hydrogen) atoms. The fourth-order valence-electron chi connectivity index (χ4n) is 5.42. The van der Waals surface area contributed by atoms with Crippen LogP contribution in [-0.2, 0) is 4.74 Å². The number of ether oxygens (including phenoxy) is 3. The number of fused-ring (bicyclic) bond motifs is 1. The van der Waals surface area contributed by atoms with Crippen molar-refractivity contribution in [3.8, 4) is 11.5 Å². The Kier molecular flexibility index (Phi) is 13.2. The van der Waals surface area contributed by atoms with Gasteiger partial charge in [0.05, 0.1) is 37.5 Å². The second-order valence-corrected chi connectivity index (χ2v) is 12.2. The number of carbonyl (C=O) groups excluding carboxylic acids is 3. The fourth-order valence-corrected chi connectivity index (χ4v) is 5.42. The highest BCUT2D eigenvalue weighted by molar-refractivity contribution is 6.05. The van der Waals surface area contributed by atoms with Crippen LogP contribution in [0, 0.1) is 5.92 Å². The average molecular weight is 662 g/mol. The van der Waals surface area contributed by atoms with Gasteiger partial charge in [-0.25, -0.2) is 4.79 Å². The quantitative estimate of drug-likeness (QED) is 0.295. The Morgan fingerprint density at radius 1 is 1.06 bits per heavy atom. The molecule has 2 aromatic carbocycles. The Morgan fingerprint density at radius 2 is 1.77 bits per heavy atom. The first kappa shape index (κ1) is 36.2. The minimum Gasteiger partial charge on any atom is -0.497 e. The molecule has 4 atom stereocenters. The summed E-state index contributed by atoms with van der Waals surface area (Å²) in [6, 6.07) is 14.5. The number of urea groups is 1. The first-order chi connectivity index (χ1) is 23.1. The second-order valence-electron chi connectivity index (χ2n) is 12.2. The molecule has 0 saturated heterocycles. The summed E-state index contributed by atoms with van der Waals surface area (Å²) in [5.74, 6) is 0.173. The summed E-state index contributed by atoms with van der Waals surface area (Å²) in [7, 11) is 3.29. The lowest BCUT2D eigenvalue weighted by Crippen LogP contribution is -2.48. The number of likely N-dealkylation sites (N-methyl/N-ethyl adjacent to an activating group) is 1. The maximum Gasteiger partial charge on any atom is 0.321 e. The summed E-state index contributed by atoms with van der Waals surface area (Å²) in [6.07, 6.45) is 4.85. The summed E-state index contributed by atoms with van der Waals surface area (Å²) >= 11 is 0. The van der Waals surface area contributed by atoms with Crippen molar-refractivity contribution in [2.75, 3.05) is 51.1 Å². The van der Waals surface area contributed by atoms with Gasteiger partial charge < -0.3 is 39.8 Å². The molecule has 1 aliphatic heterocycles. The Labute approximate surface area is 282 Å². The molecule has 1 aliphatic rings. The minimum atomic E-state index is -0.537. The SMILES string of the molecule is COc1ccc(NC(=O)N(C)C[C@H]2OCCCC[C@H](C)Oc3ccc(NC(=O)c4ccncc4)cc3C(=O)N([C@@H](C)CO)C[C@H]2C)cc1. The highest BCUT2D eigenvalue weighted by atomic mass is 16.5. The van der Waals surface area contributed by atoms with E-state index in [-0.39, 0.29) is 55.1 Å². The van der Waals surface area contributed by atoms with Crippen LogP contribution in [0.3, 0.4) is 0 Å². The van der Waals surface area contributed by atoms with Gasteiger partial charge in [0.25, 0.3) is 11.8 Å². The summed E-state index contributed by atoms with van der Waals surface area (Å²) in [5.41, 5.74) is 1.76. The zero-order chi connectivity index (χ0) is 34.6. The first-order valence-corrected chi connectivity index (χ1v) is 16.3. The van der Waals surface area contributed by atoms with Gasteiger partial charge in [-0.3, -0.25) is 14.6 Å². The molecule has 1 aromatic heterocycles. The zero-order valence-corrected chi connectivity index (χ0v) is 28.3. The number of hydrogen-bond acceptors (Lipinski definition) is 8. The number of nitrogens with zero attached hydrogens (tertiary/aromatic N) is 3. The number of amides is 4. The molecule has 2 heterocycles. The number of pyridine rings is 1. The largest absolute Gasteiger partial charge is 0.497 e. The molecular weight excluding hydrogens is 614 g/mol. The molecule has 0 aliphatic carbocycles. The molecule has 12 nitrogen and oxygen atoms in total. The van der Waals surface area contributed by atoms with Crippen LogP contribution in [0.15, 0.2) is 67.0 Å². The topological polar surface area (TPSA) is 143 Å². The number of hydrogen-bond donors (Lipinski definition) is 3. The number of aromatic nitrogens is 1. The fraction of sp³-hybridized carbons (Fsp3) is 0.444. The van der Waals surface area contributed by atoms with Crippen LogP contribution in [0.4, 0.5) is 16.2 Å². The number of methoxy groups -OCH3 is 1. The van der Waals surface area contributed by atoms with Gasteiger partial charge >= 0.3 is 6.03 Å². The summed E-state index contributed by atoms with van der Waals surface area (Å²) in [5, 5.41) is 16.0. The van der Waals surface area contributed by atoms with E-state index in [4.69, 9.17) is 14.2 Å². The third kappa shape index (κ3) is 9.91. The molecule has 0 radical (unpaired) electrons. The normalized spacial score (nSPS) is 19.6. The van der Waals surface area contributed by atoms with E-state index >= 15 is 0 Å². The Balaban J connectivity index is 1.58. The van der Waals surface area contributed by atoms with Crippen molar-refractivity contribution < 1.29 is 33.7 Å². The molecule has 12 heteroatoms. The maximum atomic E-state index is 14.3. The highest BCUT2D eigenvalue weighted by Crippen LogP contribution is 2.29. The number of rotatable bonds is 8. The Morgan fingerprint density at radius 3 is 2.46 bits per heavy atom. The van der Waals surface area contributed by atoms with E-state index in [0.29, 0.717) is 35.0 Å². The van der Waals surface area contributed by atoms with Gasteiger partial charge in [-0.05, 0) is 87.7 Å². The molecule has 4 rings (SSSR count). The van der Waals surface area contributed by atoms with Gasteiger partial charge in [-0.2, -0.15) is 0 Å². The zero-order valence-electron chi connectivity index (χ0n) is 28.3. The number of aliphatic hydroxyl groups excluding tert-OH is 1. The number of aliphatic hydroxyl groups is 1. The van der Waals surface area contributed by atoms with Gasteiger partial charge in [-0.15, -0.1) is 0 Å². The van der Waals surface area contributed by atoms with Crippen molar-refractivity contribution in [2.24, 2.45) is 5.92 Å². The monoisotopic (exact) mass is 661 g/mol. The van der Waals surface area contributed by atoms with Crippen LogP contribution in [0.2, 0.25) is 0 Å². The molecule has 3 N–H and O–H groups in total. The Hall–Kier alpha value is -4.68. The van der Waals surface area contributed by atoms with E-state index in [2.05, 4.69) is 15.6 Å². The van der Waals surface area contributed by atoms with Crippen LogP contribution in [0.5, 0.6) is 11.5 Å². The minimum absolute atomic E-state index is 0.192. The van der Waals surface area contributed by atoms with E-state index in [1.165, 1.54) is 12.4 Å². The third-order valence-electron chi connectivity index (χ3n) is 8.39. The van der Waals surface area contributed by atoms with E-state index in [9.17, 15) is 19.5 Å². The number of carbonyl (C=O) groups is 3. The van der Waals surface area contributed by atoms with Crippen molar-refractivity contribution in [3.05, 3.63) is 78.1 Å². The van der Waals surface area contributed by atoms with Crippen molar-refractivity contribution in [1.29, 1.82) is 0 Å². The molecule has 258 valence electrons. The van der Waals surface area contributed by atoms with E-state index in [1.54, 1.807) is 85.5 Å². The second kappa shape index (κ2) is 17.5. The smallest absolute Gasteiger partial charge is 0.321 e. The standard InChI is InChI=1S/C36H47N5O7/c1-24-21-41(25(2)23-42)35(44)31-20-29(38-34(43)27-15-17-37-18-16-27)11-14-32(31)48-26(3)8-6-7-19-47-33(24)22-40(4)36(45)39-28-9-12-30(46-5)13-10-28/h9-18,20,24-26,33,42H,6-8,19,21-23H2,1-5H3,(H,38,43)(H,39,45)/t24-,25+,26+,33-/m1/s1. The van der Waals surface area contributed by atoms with Gasteiger partial charge in [-0.1, -0.05) is 6.92 Å². The molecular formula is C36H47N5O7. The first-order valence-electron chi connectivity index (χ1n) is 16.3. The van der Waals surface area contributed by atoms with Crippen molar-refractivity contribution in [1.82, 2.24) is 14.8 Å². The maximum absolute atomic E-state index is 14.3. The Bertz CT molecular complexity index is 1500. The lowest BCUT2D eigenvalue weighted by molar-refractivity contribution is -0.0115. The van der Waals surface area contributed by atoms with E-state index in [1.807, 2.05) is 13.8 Å². The van der Waals surface area contributed by atoms with Crippen LogP contribution < -0.4 is 20.1 Å². The van der Waals surface area contributed by atoms with Gasteiger partial charge in [0, 0.05) is 62.0 Å². The molecule has 0 saturated carbocycles. The van der Waals surface area contributed by atoms with Crippen molar-refractivity contribution in [3.63, 3.8) is 0 Å². The molecule has 0 spiro atoms. The predicted molar refractivity (Wildman–Crippen MR) is 184 cm³/mol. The van der Waals surface area contributed by atoms with E-state index < -0.39 is 12.1 Å². The van der Waals surface area contributed by atoms with Gasteiger partial charge in [0.2, 0.25) is 0 Å². The van der Waals surface area contributed by atoms with E-state index in [0.717, 1.165) is 19.3 Å². The summed E-state index contributed by atoms with van der Waals surface area (Å²) < 4.78 is 17.9. The number of anilines is 2. The molecule has 0 unspecified atom stereocenters. The number of benzene rings is 2. The lowest BCUT2D eigenvalue weighted by Gasteiger charge is -2.35. The summed E-state index contributed by atoms with van der Waals surface area (Å²) in [4.78, 5) is 47.5. The van der Waals surface area contributed by atoms with Crippen LogP contribution >= 0.6 is 0 Å². The lowest BCUT2D eigenvalue weighted by atomic mass is 10.0. The van der Waals surface area contributed by atoms with Crippen molar-refractivity contribution >= 4 is 29.2 Å². The predicted octanol–water partition coefficient (Wildman–Crippen LogP) is 5.30. The molecule has 0 bridgehead atoms. The van der Waals surface area contributed by atoms with Gasteiger partial charge in [0.15, 0.2) is 0 Å². The molecule has 0 fully saturated rings. The number of nitrogens with one attached hydrogen (secondary N) is 2. The third-order valence-corrected chi connectivity index (χ3v) is 8.39. The average Bonchev–Trinajstić information content (AvgIpc) is 3.10. The highest BCUT2D eigenvalue weighted by Gasteiger charge is 2.31. The van der Waals surface area contributed by atoms with Crippen LogP contribution in [0.25, 0.3) is 0 Å². The molecule has 3 aromatic rings.